The number of aromatic nitrogens is 2. The van der Waals surface area contributed by atoms with Gasteiger partial charge in [0.05, 0.1) is 5.69 Å². The molecule has 2 heterocycles. The van der Waals surface area contributed by atoms with Crippen LogP contribution < -0.4 is 5.73 Å². The Hall–Kier alpha value is -2.07. The molecule has 0 radical (unpaired) electrons. The normalized spacial score (nSPS) is 10.8. The summed E-state index contributed by atoms with van der Waals surface area (Å²) in [6.45, 7) is 4.19. The van der Waals surface area contributed by atoms with Gasteiger partial charge in [0, 0.05) is 28.0 Å². The van der Waals surface area contributed by atoms with Gasteiger partial charge in [-0.05, 0) is 38.1 Å². The van der Waals surface area contributed by atoms with E-state index in [0.29, 0.717) is 0 Å². The van der Waals surface area contributed by atoms with Crippen LogP contribution in [0, 0.1) is 13.8 Å². The first-order valence-corrected chi connectivity index (χ1v) is 7.00. The largest absolute Gasteiger partial charge is 0.399 e. The van der Waals surface area contributed by atoms with Crippen molar-refractivity contribution in [3.8, 4) is 16.4 Å². The number of rotatable bonds is 2. The van der Waals surface area contributed by atoms with Gasteiger partial charge >= 0.3 is 0 Å². The second kappa shape index (κ2) is 4.55. The van der Waals surface area contributed by atoms with Crippen molar-refractivity contribution in [2.75, 3.05) is 5.73 Å². The van der Waals surface area contributed by atoms with Crippen molar-refractivity contribution < 1.29 is 0 Å². The van der Waals surface area contributed by atoms with Crippen LogP contribution in [0.25, 0.3) is 16.4 Å². The molecule has 3 nitrogen and oxygen atoms in total. The van der Waals surface area contributed by atoms with Crippen molar-refractivity contribution in [3.05, 3.63) is 53.2 Å². The Bertz CT molecular complexity index is 688. The van der Waals surface area contributed by atoms with Crippen LogP contribution in [-0.4, -0.2) is 9.55 Å². The molecule has 0 saturated heterocycles. The molecule has 0 aliphatic heterocycles. The molecule has 3 rings (SSSR count). The summed E-state index contributed by atoms with van der Waals surface area (Å²) in [5.74, 6) is 0. The van der Waals surface area contributed by atoms with Crippen molar-refractivity contribution in [2.45, 2.75) is 13.8 Å². The van der Waals surface area contributed by atoms with E-state index in [-0.39, 0.29) is 0 Å². The highest BCUT2D eigenvalue weighted by Gasteiger charge is 2.09. The number of hydrogen-bond acceptors (Lipinski definition) is 3. The Morgan fingerprint density at radius 1 is 1.00 bits per heavy atom. The van der Waals surface area contributed by atoms with Crippen molar-refractivity contribution in [1.82, 2.24) is 9.55 Å². The maximum Gasteiger partial charge on any atom is 0.194 e. The Morgan fingerprint density at radius 3 is 2.26 bits per heavy atom. The summed E-state index contributed by atoms with van der Waals surface area (Å²) in [6.07, 6.45) is 0. The summed E-state index contributed by atoms with van der Waals surface area (Å²) in [5.41, 5.74) is 11.0. The van der Waals surface area contributed by atoms with Gasteiger partial charge in [0.15, 0.2) is 5.13 Å². The van der Waals surface area contributed by atoms with E-state index in [4.69, 9.17) is 10.7 Å². The quantitative estimate of drug-likeness (QED) is 0.719. The Morgan fingerprint density at radius 2 is 1.63 bits per heavy atom. The van der Waals surface area contributed by atoms with E-state index in [2.05, 4.69) is 35.9 Å². The summed E-state index contributed by atoms with van der Waals surface area (Å²) < 4.78 is 2.17. The molecule has 0 fully saturated rings. The SMILES string of the molecule is Cc1ccc(C)n1-c1nc(-c2ccc(N)cc2)cs1. The molecule has 0 unspecified atom stereocenters. The van der Waals surface area contributed by atoms with Crippen LogP contribution in [0.2, 0.25) is 0 Å². The first-order valence-electron chi connectivity index (χ1n) is 6.12. The summed E-state index contributed by atoms with van der Waals surface area (Å²) >= 11 is 1.66. The minimum atomic E-state index is 0.774. The molecule has 4 heteroatoms. The van der Waals surface area contributed by atoms with Gasteiger partial charge in [0.1, 0.15) is 0 Å². The van der Waals surface area contributed by atoms with Crippen molar-refractivity contribution >= 4 is 17.0 Å². The number of hydrogen-bond donors (Lipinski definition) is 1. The lowest BCUT2D eigenvalue weighted by molar-refractivity contribution is 0.951. The highest BCUT2D eigenvalue weighted by Crippen LogP contribution is 2.26. The van der Waals surface area contributed by atoms with Crippen molar-refractivity contribution in [1.29, 1.82) is 0 Å². The van der Waals surface area contributed by atoms with Crippen molar-refractivity contribution in [3.63, 3.8) is 0 Å². The molecule has 19 heavy (non-hydrogen) atoms. The molecule has 0 bridgehead atoms. The number of nitrogens with zero attached hydrogens (tertiary/aromatic N) is 2. The molecule has 1 aromatic carbocycles. The monoisotopic (exact) mass is 269 g/mol. The lowest BCUT2D eigenvalue weighted by Crippen LogP contribution is -1.97. The van der Waals surface area contributed by atoms with E-state index in [0.717, 1.165) is 22.1 Å². The molecule has 0 atom stereocenters. The molecule has 2 N–H and O–H groups in total. The number of anilines is 1. The average molecular weight is 269 g/mol. The molecular formula is C15H15N3S. The van der Waals surface area contributed by atoms with Gasteiger partial charge in [-0.2, -0.15) is 0 Å². The van der Waals surface area contributed by atoms with E-state index in [1.54, 1.807) is 11.3 Å². The molecule has 0 amide bonds. The summed E-state index contributed by atoms with van der Waals surface area (Å²) in [5, 5.41) is 3.09. The Labute approximate surface area is 116 Å². The molecular weight excluding hydrogens is 254 g/mol. The minimum absolute atomic E-state index is 0.774. The van der Waals surface area contributed by atoms with Gasteiger partial charge in [-0.1, -0.05) is 12.1 Å². The fraction of sp³-hybridized carbons (Fsp3) is 0.133. The molecule has 0 aliphatic carbocycles. The van der Waals surface area contributed by atoms with Crippen LogP contribution in [0.15, 0.2) is 41.8 Å². The van der Waals surface area contributed by atoms with Crippen molar-refractivity contribution in [2.24, 2.45) is 0 Å². The van der Waals surface area contributed by atoms with Gasteiger partial charge < -0.3 is 5.73 Å². The first-order chi connectivity index (χ1) is 9.15. The summed E-state index contributed by atoms with van der Waals surface area (Å²) in [4.78, 5) is 4.71. The van der Waals surface area contributed by atoms with Crippen LogP contribution in [0.3, 0.4) is 0 Å². The maximum atomic E-state index is 5.70. The maximum absolute atomic E-state index is 5.70. The molecule has 0 spiro atoms. The van der Waals surface area contributed by atoms with E-state index >= 15 is 0 Å². The smallest absolute Gasteiger partial charge is 0.194 e. The highest BCUT2D eigenvalue weighted by atomic mass is 32.1. The minimum Gasteiger partial charge on any atom is -0.399 e. The third-order valence-corrected chi connectivity index (χ3v) is 3.99. The third-order valence-electron chi connectivity index (χ3n) is 3.16. The number of benzene rings is 1. The molecule has 2 aromatic heterocycles. The van der Waals surface area contributed by atoms with Gasteiger partial charge in [-0.15, -0.1) is 11.3 Å². The predicted octanol–water partition coefficient (Wildman–Crippen LogP) is 3.80. The standard InChI is InChI=1S/C15H15N3S/c1-10-3-4-11(2)18(10)15-17-14(9-19-15)12-5-7-13(16)8-6-12/h3-9H,16H2,1-2H3. The second-order valence-electron chi connectivity index (χ2n) is 4.59. The van der Waals surface area contributed by atoms with E-state index < -0.39 is 0 Å². The van der Waals surface area contributed by atoms with E-state index in [1.807, 2.05) is 24.3 Å². The van der Waals surface area contributed by atoms with Gasteiger partial charge in [0.25, 0.3) is 0 Å². The fourth-order valence-corrected chi connectivity index (χ4v) is 3.07. The van der Waals surface area contributed by atoms with E-state index in [1.165, 1.54) is 11.4 Å². The lowest BCUT2D eigenvalue weighted by Gasteiger charge is -2.04. The van der Waals surface area contributed by atoms with Crippen LogP contribution >= 0.6 is 11.3 Å². The topological polar surface area (TPSA) is 43.8 Å². The van der Waals surface area contributed by atoms with Crippen LogP contribution in [-0.2, 0) is 0 Å². The molecule has 96 valence electrons. The summed E-state index contributed by atoms with van der Waals surface area (Å²) in [6, 6.07) is 12.0. The molecule has 3 aromatic rings. The van der Waals surface area contributed by atoms with Gasteiger partial charge in [-0.3, -0.25) is 4.57 Å². The van der Waals surface area contributed by atoms with Gasteiger partial charge in [-0.25, -0.2) is 4.98 Å². The number of aryl methyl sites for hydroxylation is 2. The number of nitrogen functional groups attached to an aromatic ring is 1. The Kier molecular flexibility index (Phi) is 2.87. The van der Waals surface area contributed by atoms with Crippen LogP contribution in [0.5, 0.6) is 0 Å². The third kappa shape index (κ3) is 2.15. The number of thiazole rings is 1. The van der Waals surface area contributed by atoms with E-state index in [9.17, 15) is 0 Å². The molecule has 0 aliphatic rings. The predicted molar refractivity (Wildman–Crippen MR) is 80.8 cm³/mol. The zero-order chi connectivity index (χ0) is 13.4. The molecule has 0 saturated carbocycles. The lowest BCUT2D eigenvalue weighted by atomic mass is 10.1. The Balaban J connectivity index is 2.02. The number of nitrogens with two attached hydrogens (primary N) is 1. The first kappa shape index (κ1) is 12.0. The van der Waals surface area contributed by atoms with Crippen LogP contribution in [0.1, 0.15) is 11.4 Å². The van der Waals surface area contributed by atoms with Gasteiger partial charge in [0.2, 0.25) is 0 Å². The van der Waals surface area contributed by atoms with Crippen LogP contribution in [0.4, 0.5) is 5.69 Å². The zero-order valence-corrected chi connectivity index (χ0v) is 11.7. The fourth-order valence-electron chi connectivity index (χ4n) is 2.12. The second-order valence-corrected chi connectivity index (χ2v) is 5.43. The average Bonchev–Trinajstić information content (AvgIpc) is 2.98. The zero-order valence-electron chi connectivity index (χ0n) is 10.9. The summed E-state index contributed by atoms with van der Waals surface area (Å²) in [7, 11) is 0. The highest BCUT2D eigenvalue weighted by molar-refractivity contribution is 7.12.